The van der Waals surface area contributed by atoms with Crippen molar-refractivity contribution in [3.63, 3.8) is 0 Å². The van der Waals surface area contributed by atoms with Gasteiger partial charge in [0.25, 0.3) is 21.8 Å². The van der Waals surface area contributed by atoms with E-state index in [0.717, 1.165) is 36.1 Å². The smallest absolute Gasteiger partial charge is 0.274 e. The normalized spacial score (nSPS) is 18.8. The Morgan fingerprint density at radius 1 is 1.00 bits per heavy atom. The van der Waals surface area contributed by atoms with E-state index in [9.17, 15) is 22.4 Å². The molecule has 1 aromatic heterocycles. The Bertz CT molecular complexity index is 1910. The number of benzene rings is 3. The van der Waals surface area contributed by atoms with Crippen LogP contribution in [-0.2, 0) is 22.0 Å². The molecule has 7 rings (SSSR count). The Hall–Kier alpha value is -4.35. The summed E-state index contributed by atoms with van der Waals surface area (Å²) in [6.45, 7) is 0.993. The fourth-order valence-corrected chi connectivity index (χ4v) is 9.02. The van der Waals surface area contributed by atoms with Crippen molar-refractivity contribution in [3.05, 3.63) is 119 Å². The first-order valence-electron chi connectivity index (χ1n) is 15.2. The number of hydrogen-bond donors (Lipinski definition) is 1. The molecular formula is C34H31ClFN5O4S. The van der Waals surface area contributed by atoms with Crippen LogP contribution in [0.1, 0.15) is 57.7 Å². The Kier molecular flexibility index (Phi) is 7.76. The lowest BCUT2D eigenvalue weighted by atomic mass is 9.68. The number of carbonyl (C=O) groups excluding carboxylic acids is 2. The minimum Gasteiger partial charge on any atom is -0.348 e. The third kappa shape index (κ3) is 5.31. The zero-order valence-corrected chi connectivity index (χ0v) is 26.3. The molecule has 3 aliphatic rings. The summed E-state index contributed by atoms with van der Waals surface area (Å²) in [5.74, 6) is -0.963. The standard InChI is InChI=1S/C34H31ClFN5O4S/c35-28-4-2-1-3-24(28)20-39-32(42)23-7-12-30-27(19-23)34(13-17-40(18-14-34)33(43)29-21-37-15-16-38-29)31(22-5-6-22)41(30)46(44,45)26-10-8-25(36)9-11-26/h1-4,7-12,15-16,19,21-22,31H,5-6,13-14,17-18,20H2,(H,39,42). The van der Waals surface area contributed by atoms with Crippen molar-refractivity contribution in [2.75, 3.05) is 17.4 Å². The number of hydrogen-bond acceptors (Lipinski definition) is 6. The highest BCUT2D eigenvalue weighted by Gasteiger charge is 2.60. The van der Waals surface area contributed by atoms with Crippen molar-refractivity contribution >= 4 is 39.1 Å². The van der Waals surface area contributed by atoms with Crippen LogP contribution in [0, 0.1) is 11.7 Å². The molecule has 1 saturated carbocycles. The number of sulfonamides is 1. The van der Waals surface area contributed by atoms with Crippen molar-refractivity contribution in [3.8, 4) is 0 Å². The minimum atomic E-state index is -4.10. The Balaban J connectivity index is 1.27. The molecule has 1 saturated heterocycles. The molecule has 0 bridgehead atoms. The minimum absolute atomic E-state index is 0.000579. The second-order valence-electron chi connectivity index (χ2n) is 12.1. The van der Waals surface area contributed by atoms with E-state index >= 15 is 0 Å². The van der Waals surface area contributed by atoms with Crippen molar-refractivity contribution in [2.45, 2.75) is 48.6 Å². The number of anilines is 1. The molecule has 2 amide bonds. The van der Waals surface area contributed by atoms with E-state index in [-0.39, 0.29) is 34.9 Å². The molecule has 236 valence electrons. The zero-order chi connectivity index (χ0) is 32.1. The van der Waals surface area contributed by atoms with E-state index < -0.39 is 27.3 Å². The van der Waals surface area contributed by atoms with Gasteiger partial charge in [0, 0.05) is 48.0 Å². The van der Waals surface area contributed by atoms with Crippen LogP contribution in [0.4, 0.5) is 10.1 Å². The molecule has 1 atom stereocenters. The third-order valence-electron chi connectivity index (χ3n) is 9.41. The molecule has 1 aliphatic carbocycles. The lowest BCUT2D eigenvalue weighted by Gasteiger charge is -2.45. The number of nitrogens with zero attached hydrogens (tertiary/aromatic N) is 4. The van der Waals surface area contributed by atoms with Crippen LogP contribution in [0.15, 0.2) is 90.2 Å². The van der Waals surface area contributed by atoms with Gasteiger partial charge < -0.3 is 10.2 Å². The zero-order valence-electron chi connectivity index (χ0n) is 24.8. The molecular weight excluding hydrogens is 629 g/mol. The van der Waals surface area contributed by atoms with E-state index in [2.05, 4.69) is 15.3 Å². The molecule has 3 heterocycles. The summed E-state index contributed by atoms with van der Waals surface area (Å²) in [5.41, 5.74) is 2.06. The Labute approximate surface area is 271 Å². The van der Waals surface area contributed by atoms with E-state index in [0.29, 0.717) is 42.2 Å². The van der Waals surface area contributed by atoms with E-state index in [1.165, 1.54) is 35.0 Å². The molecule has 12 heteroatoms. The number of piperidine rings is 1. The number of halogens is 2. The quantitative estimate of drug-likeness (QED) is 0.286. The van der Waals surface area contributed by atoms with Gasteiger partial charge in [0.05, 0.1) is 22.8 Å². The lowest BCUT2D eigenvalue weighted by molar-refractivity contribution is 0.0641. The summed E-state index contributed by atoms with van der Waals surface area (Å²) in [6.07, 6.45) is 7.14. The highest BCUT2D eigenvalue weighted by molar-refractivity contribution is 7.92. The van der Waals surface area contributed by atoms with E-state index in [4.69, 9.17) is 11.6 Å². The number of amides is 2. The molecule has 9 nitrogen and oxygen atoms in total. The summed E-state index contributed by atoms with van der Waals surface area (Å²) >= 11 is 6.30. The summed E-state index contributed by atoms with van der Waals surface area (Å²) in [6, 6.07) is 16.9. The van der Waals surface area contributed by atoms with Crippen molar-refractivity contribution in [2.24, 2.45) is 5.92 Å². The summed E-state index contributed by atoms with van der Waals surface area (Å²) < 4.78 is 44.1. The second kappa shape index (κ2) is 11.8. The summed E-state index contributed by atoms with van der Waals surface area (Å²) in [7, 11) is -4.10. The first-order chi connectivity index (χ1) is 22.2. The van der Waals surface area contributed by atoms with Gasteiger partial charge in [0.2, 0.25) is 0 Å². The maximum atomic E-state index is 14.4. The second-order valence-corrected chi connectivity index (χ2v) is 14.3. The third-order valence-corrected chi connectivity index (χ3v) is 11.6. The van der Waals surface area contributed by atoms with Crippen molar-refractivity contribution in [1.82, 2.24) is 20.2 Å². The van der Waals surface area contributed by atoms with Crippen LogP contribution in [0.25, 0.3) is 0 Å². The SMILES string of the molecule is O=C(NCc1ccccc1Cl)c1ccc2c(c1)C1(CCN(C(=O)c3cnccn3)CC1)C(C1CC1)N2S(=O)(=O)c1ccc(F)cc1. The summed E-state index contributed by atoms with van der Waals surface area (Å²) in [4.78, 5) is 36.7. The fourth-order valence-electron chi connectivity index (χ4n) is 7.02. The maximum Gasteiger partial charge on any atom is 0.274 e. The Morgan fingerprint density at radius 2 is 1.74 bits per heavy atom. The molecule has 1 unspecified atom stereocenters. The van der Waals surface area contributed by atoms with E-state index in [1.54, 1.807) is 23.1 Å². The molecule has 1 spiro atoms. The Morgan fingerprint density at radius 3 is 2.41 bits per heavy atom. The van der Waals surface area contributed by atoms with Crippen LogP contribution in [-0.4, -0.2) is 54.2 Å². The predicted molar refractivity (Wildman–Crippen MR) is 170 cm³/mol. The first kappa shape index (κ1) is 30.3. The molecule has 2 fully saturated rings. The van der Waals surface area contributed by atoms with Crippen molar-refractivity contribution < 1.29 is 22.4 Å². The molecule has 1 N–H and O–H groups in total. The van der Waals surface area contributed by atoms with Gasteiger partial charge in [0.1, 0.15) is 11.5 Å². The maximum absolute atomic E-state index is 14.4. The molecule has 46 heavy (non-hydrogen) atoms. The van der Waals surface area contributed by atoms with Crippen LogP contribution >= 0.6 is 11.6 Å². The number of likely N-dealkylation sites (tertiary alicyclic amines) is 1. The monoisotopic (exact) mass is 659 g/mol. The number of rotatable bonds is 7. The van der Waals surface area contributed by atoms with Crippen LogP contribution in [0.2, 0.25) is 5.02 Å². The molecule has 2 aliphatic heterocycles. The van der Waals surface area contributed by atoms with Crippen molar-refractivity contribution in [1.29, 1.82) is 0 Å². The summed E-state index contributed by atoms with van der Waals surface area (Å²) in [5, 5.41) is 3.49. The average Bonchev–Trinajstić information content (AvgIpc) is 3.88. The fraction of sp³-hybridized carbons (Fsp3) is 0.294. The van der Waals surface area contributed by atoms with Crippen LogP contribution in [0.3, 0.4) is 0 Å². The first-order valence-corrected chi connectivity index (χ1v) is 17.0. The molecule has 0 radical (unpaired) electrons. The van der Waals surface area contributed by atoms with Crippen LogP contribution < -0.4 is 9.62 Å². The number of nitrogens with one attached hydrogen (secondary N) is 1. The number of carbonyl (C=O) groups is 2. The van der Waals surface area contributed by atoms with E-state index in [1.807, 2.05) is 24.3 Å². The topological polar surface area (TPSA) is 113 Å². The highest BCUT2D eigenvalue weighted by atomic mass is 35.5. The largest absolute Gasteiger partial charge is 0.348 e. The van der Waals surface area contributed by atoms with Gasteiger partial charge in [-0.1, -0.05) is 29.8 Å². The number of fused-ring (bicyclic) bond motifs is 2. The highest BCUT2D eigenvalue weighted by Crippen LogP contribution is 2.59. The molecule has 4 aromatic rings. The van der Waals surface area contributed by atoms with Crippen LogP contribution in [0.5, 0.6) is 0 Å². The van der Waals surface area contributed by atoms with Gasteiger partial charge in [-0.25, -0.2) is 17.8 Å². The number of aromatic nitrogens is 2. The van der Waals surface area contributed by atoms with Gasteiger partial charge in [-0.05, 0) is 91.3 Å². The van der Waals surface area contributed by atoms with Gasteiger partial charge in [-0.15, -0.1) is 0 Å². The molecule has 3 aromatic carbocycles. The van der Waals surface area contributed by atoms with Gasteiger partial charge in [-0.3, -0.25) is 18.9 Å². The van der Waals surface area contributed by atoms with Gasteiger partial charge in [0.15, 0.2) is 0 Å². The average molecular weight is 660 g/mol. The lowest BCUT2D eigenvalue weighted by Crippen LogP contribution is -2.54. The van der Waals surface area contributed by atoms with Gasteiger partial charge in [-0.2, -0.15) is 0 Å². The predicted octanol–water partition coefficient (Wildman–Crippen LogP) is 5.36. The van der Waals surface area contributed by atoms with Gasteiger partial charge >= 0.3 is 0 Å².